The molecule has 0 unspecified atom stereocenters. The molecule has 2 aromatic carbocycles. The molecule has 1 nitrogen and oxygen atoms in total. The summed E-state index contributed by atoms with van der Waals surface area (Å²) >= 11 is 37.2. The zero-order valence-corrected chi connectivity index (χ0v) is 14.8. The molecule has 0 heterocycles. The van der Waals surface area contributed by atoms with Gasteiger partial charge in [0.2, 0.25) is 0 Å². The summed E-state index contributed by atoms with van der Waals surface area (Å²) in [7, 11) is 0. The van der Waals surface area contributed by atoms with Gasteiger partial charge in [0, 0.05) is 9.79 Å². The van der Waals surface area contributed by atoms with E-state index in [9.17, 15) is 0 Å². The molecule has 0 aliphatic rings. The maximum atomic E-state index is 6.14. The number of nitrogen functional groups attached to an aromatic ring is 1. The molecule has 0 bridgehead atoms. The summed E-state index contributed by atoms with van der Waals surface area (Å²) in [5.41, 5.74) is 6.25. The smallest absolute Gasteiger partial charge is 0.0848 e. The first-order chi connectivity index (χ1) is 9.32. The molecular weight excluding hydrogens is 403 g/mol. The number of nitrogens with two attached hydrogens (primary N) is 1. The van der Waals surface area contributed by atoms with E-state index in [2.05, 4.69) is 0 Å². The van der Waals surface area contributed by atoms with Crippen LogP contribution in [0.5, 0.6) is 0 Å². The molecule has 0 saturated carbocycles. The van der Waals surface area contributed by atoms with Crippen molar-refractivity contribution < 1.29 is 0 Å². The Bertz CT molecular complexity index is 688. The van der Waals surface area contributed by atoms with Crippen molar-refractivity contribution in [3.63, 3.8) is 0 Å². The standard InChI is InChI=1S/C12H5Cl6NS/c13-4-1-2-6(10(17)8(4)15)20-7-3-5(14)9(16)11(18)12(7)19/h1-3H,19H2. The van der Waals surface area contributed by atoms with Gasteiger partial charge in [0.15, 0.2) is 0 Å². The minimum atomic E-state index is 0.206. The molecule has 20 heavy (non-hydrogen) atoms. The van der Waals surface area contributed by atoms with Crippen LogP contribution in [0.25, 0.3) is 0 Å². The van der Waals surface area contributed by atoms with Gasteiger partial charge < -0.3 is 5.73 Å². The number of benzene rings is 2. The molecule has 106 valence electrons. The Morgan fingerprint density at radius 2 is 1.30 bits per heavy atom. The molecule has 0 aliphatic heterocycles. The van der Waals surface area contributed by atoms with Gasteiger partial charge in [0.25, 0.3) is 0 Å². The number of anilines is 1. The molecule has 0 spiro atoms. The lowest BCUT2D eigenvalue weighted by Gasteiger charge is -2.11. The number of rotatable bonds is 2. The monoisotopic (exact) mass is 405 g/mol. The number of halogens is 6. The highest BCUT2D eigenvalue weighted by Gasteiger charge is 2.16. The summed E-state index contributed by atoms with van der Waals surface area (Å²) in [6, 6.07) is 5.00. The fourth-order valence-corrected chi connectivity index (χ4v) is 3.77. The summed E-state index contributed by atoms with van der Waals surface area (Å²) in [5, 5.41) is 1.73. The third-order valence-corrected chi connectivity index (χ3v) is 6.18. The first-order valence-electron chi connectivity index (χ1n) is 5.07. The summed E-state index contributed by atoms with van der Waals surface area (Å²) in [6.07, 6.45) is 0. The summed E-state index contributed by atoms with van der Waals surface area (Å²) in [5.74, 6) is 0. The van der Waals surface area contributed by atoms with Crippen LogP contribution in [0, 0.1) is 0 Å². The molecule has 0 radical (unpaired) electrons. The van der Waals surface area contributed by atoms with E-state index >= 15 is 0 Å². The topological polar surface area (TPSA) is 26.0 Å². The van der Waals surface area contributed by atoms with Crippen LogP contribution in [0.4, 0.5) is 5.69 Å². The number of hydrogen-bond acceptors (Lipinski definition) is 2. The normalized spacial score (nSPS) is 10.9. The lowest BCUT2D eigenvalue weighted by atomic mass is 10.3. The largest absolute Gasteiger partial charge is 0.397 e. The van der Waals surface area contributed by atoms with Crippen LogP contribution in [0.2, 0.25) is 30.1 Å². The zero-order chi connectivity index (χ0) is 15.0. The molecule has 2 rings (SSSR count). The third-order valence-electron chi connectivity index (χ3n) is 2.38. The Morgan fingerprint density at radius 1 is 0.700 bits per heavy atom. The molecule has 2 N–H and O–H groups in total. The van der Waals surface area contributed by atoms with E-state index < -0.39 is 0 Å². The Morgan fingerprint density at radius 3 is 1.95 bits per heavy atom. The molecule has 8 heteroatoms. The van der Waals surface area contributed by atoms with Gasteiger partial charge in [-0.25, -0.2) is 0 Å². The fourth-order valence-electron chi connectivity index (χ4n) is 1.38. The van der Waals surface area contributed by atoms with Gasteiger partial charge in [-0.3, -0.25) is 0 Å². The zero-order valence-electron chi connectivity index (χ0n) is 9.49. The van der Waals surface area contributed by atoms with Gasteiger partial charge >= 0.3 is 0 Å². The van der Waals surface area contributed by atoms with Crippen LogP contribution in [0.1, 0.15) is 0 Å². The molecule has 0 atom stereocenters. The Kier molecular flexibility index (Phi) is 5.52. The Hall–Kier alpha value is 0.330. The fraction of sp³-hybridized carbons (Fsp3) is 0. The first kappa shape index (κ1) is 16.7. The lowest BCUT2D eigenvalue weighted by molar-refractivity contribution is 1.41. The maximum Gasteiger partial charge on any atom is 0.0848 e. The van der Waals surface area contributed by atoms with Crippen molar-refractivity contribution in [3.8, 4) is 0 Å². The third kappa shape index (κ3) is 3.22. The second-order valence-corrected chi connectivity index (χ2v) is 7.08. The SMILES string of the molecule is Nc1c(Sc2ccc(Cl)c(Cl)c2Cl)cc(Cl)c(Cl)c1Cl. The average Bonchev–Trinajstić information content (AvgIpc) is 2.42. The van der Waals surface area contributed by atoms with E-state index in [-0.39, 0.29) is 15.1 Å². The molecule has 2 aromatic rings. The van der Waals surface area contributed by atoms with Crippen LogP contribution in [-0.2, 0) is 0 Å². The highest BCUT2D eigenvalue weighted by Crippen LogP contribution is 2.46. The van der Waals surface area contributed by atoms with Crippen molar-refractivity contribution in [2.75, 3.05) is 5.73 Å². The highest BCUT2D eigenvalue weighted by molar-refractivity contribution is 7.99. The highest BCUT2D eigenvalue weighted by atomic mass is 35.5. The minimum absolute atomic E-state index is 0.206. The summed E-state index contributed by atoms with van der Waals surface area (Å²) in [6.45, 7) is 0. The second kappa shape index (κ2) is 6.62. The average molecular weight is 408 g/mol. The summed E-state index contributed by atoms with van der Waals surface area (Å²) in [4.78, 5) is 1.31. The van der Waals surface area contributed by atoms with Gasteiger partial charge in [0.05, 0.1) is 35.8 Å². The molecular formula is C12H5Cl6NS. The van der Waals surface area contributed by atoms with Crippen LogP contribution >= 0.6 is 81.4 Å². The second-order valence-electron chi connectivity index (χ2n) is 3.67. The van der Waals surface area contributed by atoms with E-state index in [0.29, 0.717) is 30.5 Å². The van der Waals surface area contributed by atoms with Crippen molar-refractivity contribution in [3.05, 3.63) is 48.3 Å². The van der Waals surface area contributed by atoms with E-state index in [4.69, 9.17) is 75.3 Å². The Balaban J connectivity index is 2.48. The van der Waals surface area contributed by atoms with Gasteiger partial charge in [-0.15, -0.1) is 0 Å². The number of hydrogen-bond donors (Lipinski definition) is 1. The minimum Gasteiger partial charge on any atom is -0.397 e. The predicted molar refractivity (Wildman–Crippen MR) is 91.5 cm³/mol. The molecule has 0 amide bonds. The molecule has 0 aliphatic carbocycles. The summed E-state index contributed by atoms with van der Waals surface area (Å²) < 4.78 is 0. The van der Waals surface area contributed by atoms with Crippen molar-refractivity contribution in [1.82, 2.24) is 0 Å². The van der Waals surface area contributed by atoms with E-state index in [1.807, 2.05) is 0 Å². The van der Waals surface area contributed by atoms with Crippen LogP contribution in [0.15, 0.2) is 28.0 Å². The lowest BCUT2D eigenvalue weighted by Crippen LogP contribution is -1.92. The molecule has 0 aromatic heterocycles. The Labute approximate surface area is 150 Å². The van der Waals surface area contributed by atoms with Crippen molar-refractivity contribution in [2.24, 2.45) is 0 Å². The first-order valence-corrected chi connectivity index (χ1v) is 8.15. The van der Waals surface area contributed by atoms with Gasteiger partial charge in [-0.2, -0.15) is 0 Å². The predicted octanol–water partition coefficient (Wildman–Crippen LogP) is 7.34. The van der Waals surface area contributed by atoms with Gasteiger partial charge in [-0.1, -0.05) is 81.4 Å². The quantitative estimate of drug-likeness (QED) is 0.416. The van der Waals surface area contributed by atoms with E-state index in [1.165, 1.54) is 11.8 Å². The van der Waals surface area contributed by atoms with Crippen LogP contribution in [0.3, 0.4) is 0 Å². The van der Waals surface area contributed by atoms with Crippen LogP contribution in [-0.4, -0.2) is 0 Å². The van der Waals surface area contributed by atoms with Gasteiger partial charge in [0.1, 0.15) is 0 Å². The van der Waals surface area contributed by atoms with Crippen molar-refractivity contribution in [1.29, 1.82) is 0 Å². The van der Waals surface area contributed by atoms with Crippen molar-refractivity contribution >= 4 is 87.1 Å². The molecule has 0 fully saturated rings. The molecule has 0 saturated heterocycles. The van der Waals surface area contributed by atoms with Gasteiger partial charge in [-0.05, 0) is 18.2 Å². The maximum absolute atomic E-state index is 6.14. The van der Waals surface area contributed by atoms with Crippen LogP contribution < -0.4 is 5.73 Å². The van der Waals surface area contributed by atoms with E-state index in [0.717, 1.165) is 0 Å². The van der Waals surface area contributed by atoms with Crippen molar-refractivity contribution in [2.45, 2.75) is 9.79 Å². The van der Waals surface area contributed by atoms with E-state index in [1.54, 1.807) is 18.2 Å².